The molecule has 0 saturated heterocycles. The van der Waals surface area contributed by atoms with Gasteiger partial charge in [-0.05, 0) is 42.2 Å². The minimum absolute atomic E-state index is 0.0814. The van der Waals surface area contributed by atoms with E-state index < -0.39 is 17.2 Å². The van der Waals surface area contributed by atoms with Gasteiger partial charge in [-0.1, -0.05) is 18.2 Å². The molecule has 1 aromatic heterocycles. The molecule has 21 heavy (non-hydrogen) atoms. The van der Waals surface area contributed by atoms with Crippen molar-refractivity contribution in [3.8, 4) is 0 Å². The predicted octanol–water partition coefficient (Wildman–Crippen LogP) is 2.05. The van der Waals surface area contributed by atoms with Crippen LogP contribution in [0.5, 0.6) is 0 Å². The van der Waals surface area contributed by atoms with Crippen molar-refractivity contribution in [2.24, 2.45) is 5.73 Å². The summed E-state index contributed by atoms with van der Waals surface area (Å²) >= 11 is 0. The summed E-state index contributed by atoms with van der Waals surface area (Å²) in [6, 6.07) is 7.32. The van der Waals surface area contributed by atoms with E-state index in [1.54, 1.807) is 12.4 Å². The topological polar surface area (TPSA) is 76.2 Å². The van der Waals surface area contributed by atoms with Gasteiger partial charge in [-0.25, -0.2) is 4.39 Å². The molecule has 0 aliphatic carbocycles. The zero-order valence-corrected chi connectivity index (χ0v) is 11.7. The van der Waals surface area contributed by atoms with Crippen LogP contribution < -0.4 is 5.73 Å². The van der Waals surface area contributed by atoms with E-state index in [0.717, 1.165) is 11.1 Å². The van der Waals surface area contributed by atoms with Gasteiger partial charge in [-0.15, -0.1) is 0 Å². The van der Waals surface area contributed by atoms with Crippen LogP contribution in [0.1, 0.15) is 16.7 Å². The molecule has 0 saturated carbocycles. The van der Waals surface area contributed by atoms with Crippen molar-refractivity contribution in [3.63, 3.8) is 0 Å². The number of aryl methyl sites for hydroxylation is 1. The number of halogens is 1. The fourth-order valence-electron chi connectivity index (χ4n) is 2.41. The molecule has 110 valence electrons. The molecule has 0 amide bonds. The summed E-state index contributed by atoms with van der Waals surface area (Å²) in [6.07, 6.45) is 3.54. The Morgan fingerprint density at radius 3 is 2.52 bits per heavy atom. The van der Waals surface area contributed by atoms with Gasteiger partial charge in [0.1, 0.15) is 11.2 Å². The lowest BCUT2D eigenvalue weighted by Crippen LogP contribution is -2.45. The van der Waals surface area contributed by atoms with Crippen LogP contribution in [-0.4, -0.2) is 22.6 Å². The Morgan fingerprint density at radius 2 is 2.00 bits per heavy atom. The van der Waals surface area contributed by atoms with Gasteiger partial charge < -0.3 is 10.8 Å². The van der Waals surface area contributed by atoms with Crippen LogP contribution in [0.2, 0.25) is 0 Å². The van der Waals surface area contributed by atoms with Crippen molar-refractivity contribution in [1.29, 1.82) is 0 Å². The van der Waals surface area contributed by atoms with Gasteiger partial charge in [-0.3, -0.25) is 9.78 Å². The molecule has 2 rings (SSSR count). The number of carboxylic acid groups (broad SMARTS) is 1. The van der Waals surface area contributed by atoms with E-state index in [1.165, 1.54) is 24.3 Å². The van der Waals surface area contributed by atoms with Crippen molar-refractivity contribution in [3.05, 3.63) is 65.2 Å². The molecule has 2 aromatic rings. The molecule has 0 aliphatic rings. The number of carboxylic acids is 1. The van der Waals surface area contributed by atoms with Crippen LogP contribution in [0.4, 0.5) is 4.39 Å². The third-order valence-electron chi connectivity index (χ3n) is 3.59. The fourth-order valence-corrected chi connectivity index (χ4v) is 2.41. The number of rotatable bonds is 5. The Morgan fingerprint density at radius 1 is 1.33 bits per heavy atom. The highest BCUT2D eigenvalue weighted by atomic mass is 19.1. The minimum atomic E-state index is -1.29. The van der Waals surface area contributed by atoms with Gasteiger partial charge in [0.25, 0.3) is 0 Å². The summed E-state index contributed by atoms with van der Waals surface area (Å²) in [5, 5.41) is 9.68. The van der Waals surface area contributed by atoms with Crippen LogP contribution in [0.25, 0.3) is 0 Å². The lowest BCUT2D eigenvalue weighted by molar-refractivity contribution is -0.143. The van der Waals surface area contributed by atoms with Crippen LogP contribution >= 0.6 is 0 Å². The normalized spacial score (nSPS) is 13.7. The van der Waals surface area contributed by atoms with Gasteiger partial charge in [0.15, 0.2) is 0 Å². The van der Waals surface area contributed by atoms with E-state index in [2.05, 4.69) is 4.98 Å². The van der Waals surface area contributed by atoms with Crippen molar-refractivity contribution < 1.29 is 14.3 Å². The summed E-state index contributed by atoms with van der Waals surface area (Å²) < 4.78 is 13.1. The molecule has 0 bridgehead atoms. The van der Waals surface area contributed by atoms with E-state index >= 15 is 0 Å². The molecule has 0 fully saturated rings. The van der Waals surface area contributed by atoms with Crippen LogP contribution in [-0.2, 0) is 16.6 Å². The first-order chi connectivity index (χ1) is 9.98. The van der Waals surface area contributed by atoms with Crippen LogP contribution in [0.3, 0.4) is 0 Å². The van der Waals surface area contributed by atoms with E-state index in [0.29, 0.717) is 5.56 Å². The quantitative estimate of drug-likeness (QED) is 0.883. The highest BCUT2D eigenvalue weighted by molar-refractivity contribution is 5.82. The molecular formula is C16H17FN2O2. The van der Waals surface area contributed by atoms with E-state index in [9.17, 15) is 14.3 Å². The zero-order valence-electron chi connectivity index (χ0n) is 11.7. The molecular weight excluding hydrogens is 271 g/mol. The van der Waals surface area contributed by atoms with Gasteiger partial charge >= 0.3 is 5.97 Å². The maximum absolute atomic E-state index is 13.1. The number of pyridine rings is 1. The molecule has 0 radical (unpaired) electrons. The molecule has 1 unspecified atom stereocenters. The maximum Gasteiger partial charge on any atom is 0.315 e. The highest BCUT2D eigenvalue weighted by Crippen LogP contribution is 2.28. The average molecular weight is 288 g/mol. The second-order valence-electron chi connectivity index (χ2n) is 5.15. The standard InChI is InChI=1S/C16H17FN2O2/c1-11-6-12(9-19-8-11)7-16(10-18,15(20)21)13-2-4-14(17)5-3-13/h2-6,8-9H,7,10,18H2,1H3,(H,20,21). The number of hydrogen-bond acceptors (Lipinski definition) is 3. The van der Waals surface area contributed by atoms with E-state index in [1.807, 2.05) is 13.0 Å². The molecule has 5 heteroatoms. The van der Waals surface area contributed by atoms with Gasteiger partial charge in [0.05, 0.1) is 0 Å². The summed E-state index contributed by atoms with van der Waals surface area (Å²) in [5.41, 5.74) is 6.70. The second kappa shape index (κ2) is 6.01. The average Bonchev–Trinajstić information content (AvgIpc) is 2.45. The third-order valence-corrected chi connectivity index (χ3v) is 3.59. The predicted molar refractivity (Wildman–Crippen MR) is 77.4 cm³/mol. The summed E-state index contributed by atoms with van der Waals surface area (Å²) in [5.74, 6) is -1.44. The molecule has 1 aromatic carbocycles. The highest BCUT2D eigenvalue weighted by Gasteiger charge is 2.39. The van der Waals surface area contributed by atoms with Crippen molar-refractivity contribution in [1.82, 2.24) is 4.98 Å². The Hall–Kier alpha value is -2.27. The SMILES string of the molecule is Cc1cncc(CC(CN)(C(=O)O)c2ccc(F)cc2)c1. The minimum Gasteiger partial charge on any atom is -0.481 e. The lowest BCUT2D eigenvalue weighted by atomic mass is 9.75. The first-order valence-electron chi connectivity index (χ1n) is 6.58. The Bertz CT molecular complexity index is 643. The largest absolute Gasteiger partial charge is 0.481 e. The number of carbonyl (C=O) groups is 1. The third kappa shape index (κ3) is 3.08. The number of hydrogen-bond donors (Lipinski definition) is 2. The number of aliphatic carboxylic acids is 1. The molecule has 4 nitrogen and oxygen atoms in total. The smallest absolute Gasteiger partial charge is 0.315 e. The van der Waals surface area contributed by atoms with Gasteiger partial charge in [0.2, 0.25) is 0 Å². The molecule has 3 N–H and O–H groups in total. The van der Waals surface area contributed by atoms with Crippen molar-refractivity contribution in [2.75, 3.05) is 6.54 Å². The second-order valence-corrected chi connectivity index (χ2v) is 5.15. The molecule has 1 heterocycles. The van der Waals surface area contributed by atoms with E-state index in [-0.39, 0.29) is 13.0 Å². The van der Waals surface area contributed by atoms with Gasteiger partial charge in [0, 0.05) is 18.9 Å². The van der Waals surface area contributed by atoms with Crippen LogP contribution in [0, 0.1) is 12.7 Å². The number of benzene rings is 1. The summed E-state index contributed by atoms with van der Waals surface area (Å²) in [6.45, 7) is 1.81. The maximum atomic E-state index is 13.1. The number of nitrogens with two attached hydrogens (primary N) is 1. The molecule has 1 atom stereocenters. The number of nitrogens with zero attached hydrogens (tertiary/aromatic N) is 1. The Balaban J connectivity index is 2.46. The van der Waals surface area contributed by atoms with Gasteiger partial charge in [-0.2, -0.15) is 0 Å². The monoisotopic (exact) mass is 288 g/mol. The number of aromatic nitrogens is 1. The fraction of sp³-hybridized carbons (Fsp3) is 0.250. The zero-order chi connectivity index (χ0) is 15.5. The van der Waals surface area contributed by atoms with Crippen molar-refractivity contribution in [2.45, 2.75) is 18.8 Å². The lowest BCUT2D eigenvalue weighted by Gasteiger charge is -2.28. The Kier molecular flexibility index (Phi) is 4.33. The Labute approximate surface area is 122 Å². The molecule has 0 spiro atoms. The van der Waals surface area contributed by atoms with Crippen LogP contribution in [0.15, 0.2) is 42.7 Å². The molecule has 0 aliphatic heterocycles. The first kappa shape index (κ1) is 15.1. The summed E-state index contributed by atoms with van der Waals surface area (Å²) in [4.78, 5) is 15.9. The summed E-state index contributed by atoms with van der Waals surface area (Å²) in [7, 11) is 0. The van der Waals surface area contributed by atoms with E-state index in [4.69, 9.17) is 5.73 Å². The van der Waals surface area contributed by atoms with Crippen molar-refractivity contribution >= 4 is 5.97 Å². The first-order valence-corrected chi connectivity index (χ1v) is 6.58.